The molecular weight excluding hydrogens is 268 g/mol. The van der Waals surface area contributed by atoms with E-state index in [9.17, 15) is 9.59 Å². The monoisotopic (exact) mass is 290 g/mol. The second-order valence-corrected chi connectivity index (χ2v) is 5.56. The number of ether oxygens (including phenoxy) is 2. The molecule has 0 spiro atoms. The van der Waals surface area contributed by atoms with Crippen LogP contribution in [0.4, 0.5) is 0 Å². The smallest absolute Gasteiger partial charge is 0.327 e. The van der Waals surface area contributed by atoms with Gasteiger partial charge in [-0.05, 0) is 38.2 Å². The first-order valence-electron chi connectivity index (χ1n) is 7.22. The van der Waals surface area contributed by atoms with Gasteiger partial charge in [-0.2, -0.15) is 0 Å². The van der Waals surface area contributed by atoms with Gasteiger partial charge in [0.15, 0.2) is 5.41 Å². The van der Waals surface area contributed by atoms with Crippen LogP contribution in [0.2, 0.25) is 0 Å². The van der Waals surface area contributed by atoms with Crippen molar-refractivity contribution in [2.24, 2.45) is 17.3 Å². The molecule has 0 saturated carbocycles. The van der Waals surface area contributed by atoms with E-state index in [1.807, 2.05) is 19.9 Å². The molecule has 0 aliphatic heterocycles. The van der Waals surface area contributed by atoms with Crippen LogP contribution in [0.5, 0.6) is 0 Å². The highest BCUT2D eigenvalue weighted by atomic mass is 16.5. The van der Waals surface area contributed by atoms with E-state index >= 15 is 0 Å². The minimum atomic E-state index is -1.32. The zero-order chi connectivity index (χ0) is 15.6. The van der Waals surface area contributed by atoms with Crippen molar-refractivity contribution in [2.75, 3.05) is 14.2 Å². The molecule has 0 radical (unpaired) electrons. The Balaban J connectivity index is 2.63. The van der Waals surface area contributed by atoms with Crippen LogP contribution in [0.15, 0.2) is 35.5 Å². The maximum Gasteiger partial charge on any atom is 0.327 e. The highest BCUT2D eigenvalue weighted by Gasteiger charge is 2.59. The van der Waals surface area contributed by atoms with Crippen LogP contribution >= 0.6 is 0 Å². The van der Waals surface area contributed by atoms with E-state index < -0.39 is 17.4 Å². The van der Waals surface area contributed by atoms with Crippen molar-refractivity contribution >= 4 is 11.9 Å². The number of hydrogen-bond donors (Lipinski definition) is 0. The fraction of sp³-hybridized carbons (Fsp3) is 0.529. The quantitative estimate of drug-likeness (QED) is 0.455. The summed E-state index contributed by atoms with van der Waals surface area (Å²) in [6, 6.07) is 0. The number of carbonyl (C=O) groups is 2. The SMILES string of the molecule is C/C=C(\C)C1=CC(C(=O)OC)(C(=O)OC)[C@@H]2CCC=C[C@H]12. The summed E-state index contributed by atoms with van der Waals surface area (Å²) >= 11 is 0. The average molecular weight is 290 g/mol. The summed E-state index contributed by atoms with van der Waals surface area (Å²) in [5.74, 6) is -1.13. The fourth-order valence-corrected chi connectivity index (χ4v) is 3.50. The van der Waals surface area contributed by atoms with Crippen LogP contribution in [0, 0.1) is 17.3 Å². The minimum absolute atomic E-state index is 0.0631. The van der Waals surface area contributed by atoms with Crippen molar-refractivity contribution in [3.05, 3.63) is 35.5 Å². The summed E-state index contributed by atoms with van der Waals surface area (Å²) < 4.78 is 9.89. The Morgan fingerprint density at radius 1 is 1.29 bits per heavy atom. The van der Waals surface area contributed by atoms with Crippen molar-refractivity contribution in [1.82, 2.24) is 0 Å². The largest absolute Gasteiger partial charge is 0.468 e. The molecule has 4 nitrogen and oxygen atoms in total. The molecule has 0 bridgehead atoms. The van der Waals surface area contributed by atoms with Gasteiger partial charge in [-0.15, -0.1) is 0 Å². The van der Waals surface area contributed by atoms with Crippen molar-refractivity contribution in [1.29, 1.82) is 0 Å². The normalized spacial score (nSPS) is 26.9. The molecule has 0 N–H and O–H groups in total. The Kier molecular flexibility index (Phi) is 4.35. The maximum absolute atomic E-state index is 12.4. The topological polar surface area (TPSA) is 52.6 Å². The lowest BCUT2D eigenvalue weighted by molar-refractivity contribution is -0.169. The first-order chi connectivity index (χ1) is 10.0. The van der Waals surface area contributed by atoms with Crippen LogP contribution in [-0.2, 0) is 19.1 Å². The van der Waals surface area contributed by atoms with Crippen LogP contribution in [0.25, 0.3) is 0 Å². The Hall–Kier alpha value is -1.84. The third kappa shape index (κ3) is 2.23. The lowest BCUT2D eigenvalue weighted by atomic mass is 9.69. The van der Waals surface area contributed by atoms with Crippen LogP contribution < -0.4 is 0 Å². The van der Waals surface area contributed by atoms with E-state index in [4.69, 9.17) is 9.47 Å². The Morgan fingerprint density at radius 3 is 2.43 bits per heavy atom. The third-order valence-corrected chi connectivity index (χ3v) is 4.68. The standard InChI is InChI=1S/C17H22O4/c1-5-11(2)13-10-17(15(18)20-3,16(19)21-4)14-9-7-6-8-12(13)14/h5-6,8,10,12,14H,7,9H2,1-4H3/b11-5+/t12-,14-/m1/s1. The lowest BCUT2D eigenvalue weighted by Gasteiger charge is -2.33. The van der Waals surface area contributed by atoms with E-state index in [2.05, 4.69) is 12.2 Å². The molecule has 0 aromatic carbocycles. The lowest BCUT2D eigenvalue weighted by Crippen LogP contribution is -2.45. The van der Waals surface area contributed by atoms with E-state index in [1.165, 1.54) is 14.2 Å². The van der Waals surface area contributed by atoms with E-state index in [0.29, 0.717) is 0 Å². The highest BCUT2D eigenvalue weighted by Crippen LogP contribution is 2.53. The number of allylic oxidation sites excluding steroid dienone is 5. The first kappa shape index (κ1) is 15.5. The van der Waals surface area contributed by atoms with E-state index in [0.717, 1.165) is 24.0 Å². The number of esters is 2. The molecule has 0 amide bonds. The summed E-state index contributed by atoms with van der Waals surface area (Å²) in [6.07, 6.45) is 9.60. The van der Waals surface area contributed by atoms with Crippen molar-refractivity contribution < 1.29 is 19.1 Å². The third-order valence-electron chi connectivity index (χ3n) is 4.68. The molecule has 0 unspecified atom stereocenters. The summed E-state index contributed by atoms with van der Waals surface area (Å²) in [5, 5.41) is 0. The predicted molar refractivity (Wildman–Crippen MR) is 79.3 cm³/mol. The van der Waals surface area contributed by atoms with Gasteiger partial charge in [-0.3, -0.25) is 9.59 Å². The van der Waals surface area contributed by atoms with Gasteiger partial charge >= 0.3 is 11.9 Å². The number of fused-ring (bicyclic) bond motifs is 1. The van der Waals surface area contributed by atoms with Crippen molar-refractivity contribution in [3.8, 4) is 0 Å². The molecule has 21 heavy (non-hydrogen) atoms. The van der Waals surface area contributed by atoms with Gasteiger partial charge in [0, 0.05) is 5.92 Å². The van der Waals surface area contributed by atoms with Crippen molar-refractivity contribution in [2.45, 2.75) is 26.7 Å². The maximum atomic E-state index is 12.4. The number of methoxy groups -OCH3 is 2. The highest BCUT2D eigenvalue weighted by molar-refractivity contribution is 6.04. The number of rotatable bonds is 3. The molecule has 2 rings (SSSR count). The zero-order valence-corrected chi connectivity index (χ0v) is 13.0. The molecule has 0 saturated heterocycles. The number of carbonyl (C=O) groups excluding carboxylic acids is 2. The Morgan fingerprint density at radius 2 is 1.90 bits per heavy atom. The van der Waals surface area contributed by atoms with Gasteiger partial charge < -0.3 is 9.47 Å². The van der Waals surface area contributed by atoms with Gasteiger partial charge in [0.05, 0.1) is 14.2 Å². The Labute approximate surface area is 125 Å². The minimum Gasteiger partial charge on any atom is -0.468 e. The molecule has 0 heterocycles. The van der Waals surface area contributed by atoms with Gasteiger partial charge in [0.1, 0.15) is 0 Å². The fourth-order valence-electron chi connectivity index (χ4n) is 3.50. The van der Waals surface area contributed by atoms with Crippen LogP contribution in [0.1, 0.15) is 26.7 Å². The summed E-state index contributed by atoms with van der Waals surface area (Å²) in [6.45, 7) is 3.95. The molecular formula is C17H22O4. The van der Waals surface area contributed by atoms with Crippen LogP contribution in [-0.4, -0.2) is 26.2 Å². The molecule has 2 aliphatic rings. The van der Waals surface area contributed by atoms with Gasteiger partial charge in [0.25, 0.3) is 0 Å². The van der Waals surface area contributed by atoms with Crippen LogP contribution in [0.3, 0.4) is 0 Å². The number of hydrogen-bond acceptors (Lipinski definition) is 4. The van der Waals surface area contributed by atoms with Gasteiger partial charge in [-0.25, -0.2) is 0 Å². The summed E-state index contributed by atoms with van der Waals surface area (Å²) in [7, 11) is 2.63. The average Bonchev–Trinajstić information content (AvgIpc) is 2.89. The zero-order valence-electron chi connectivity index (χ0n) is 13.0. The molecule has 2 aliphatic carbocycles. The summed E-state index contributed by atoms with van der Waals surface area (Å²) in [4.78, 5) is 24.9. The molecule has 2 atom stereocenters. The first-order valence-corrected chi connectivity index (χ1v) is 7.22. The molecule has 0 aromatic heterocycles. The summed E-state index contributed by atoms with van der Waals surface area (Å²) in [5.41, 5.74) is 0.777. The van der Waals surface area contributed by atoms with Crippen molar-refractivity contribution in [3.63, 3.8) is 0 Å². The van der Waals surface area contributed by atoms with Gasteiger partial charge in [0.2, 0.25) is 0 Å². The molecule has 0 aromatic rings. The Bertz CT molecular complexity index is 523. The van der Waals surface area contributed by atoms with E-state index in [-0.39, 0.29) is 11.8 Å². The second kappa shape index (κ2) is 5.88. The molecule has 4 heteroatoms. The molecule has 114 valence electrons. The van der Waals surface area contributed by atoms with E-state index in [1.54, 1.807) is 6.08 Å². The molecule has 0 fully saturated rings. The predicted octanol–water partition coefficient (Wildman–Crippen LogP) is 2.81. The second-order valence-electron chi connectivity index (χ2n) is 5.56. The van der Waals surface area contributed by atoms with Gasteiger partial charge in [-0.1, -0.05) is 29.9 Å².